The average molecular weight is 869 g/mol. The Labute approximate surface area is 372 Å². The van der Waals surface area contributed by atoms with E-state index in [2.05, 4.69) is 57.6 Å². The molecular formula is C49H57FN10O4. The van der Waals surface area contributed by atoms with Crippen molar-refractivity contribution < 1.29 is 23.4 Å². The van der Waals surface area contributed by atoms with Gasteiger partial charge in [0.2, 0.25) is 5.91 Å². The van der Waals surface area contributed by atoms with E-state index in [4.69, 9.17) is 24.2 Å². The second-order valence-corrected chi connectivity index (χ2v) is 19.1. The van der Waals surface area contributed by atoms with Crippen molar-refractivity contribution in [3.05, 3.63) is 71.3 Å². The number of carbonyl (C=O) groups is 1. The van der Waals surface area contributed by atoms with Crippen molar-refractivity contribution in [1.82, 2.24) is 45.4 Å². The van der Waals surface area contributed by atoms with Gasteiger partial charge in [0.1, 0.15) is 41.6 Å². The first-order chi connectivity index (χ1) is 31.2. The van der Waals surface area contributed by atoms with Crippen LogP contribution < -0.4 is 19.7 Å². The van der Waals surface area contributed by atoms with Crippen molar-refractivity contribution >= 4 is 33.5 Å². The third kappa shape index (κ3) is 7.63. The molecule has 4 aliphatic heterocycles. The van der Waals surface area contributed by atoms with E-state index in [1.807, 2.05) is 42.3 Å². The van der Waals surface area contributed by atoms with Crippen LogP contribution in [0, 0.1) is 18.7 Å². The van der Waals surface area contributed by atoms with Crippen molar-refractivity contribution in [2.45, 2.75) is 122 Å². The van der Waals surface area contributed by atoms with Crippen molar-refractivity contribution in [3.63, 3.8) is 0 Å². The zero-order valence-electron chi connectivity index (χ0n) is 37.1. The topological polar surface area (TPSA) is 148 Å². The maximum absolute atomic E-state index is 16.0. The molecule has 4 unspecified atom stereocenters. The van der Waals surface area contributed by atoms with Crippen molar-refractivity contribution in [3.8, 4) is 34.1 Å². The summed E-state index contributed by atoms with van der Waals surface area (Å²) < 4.78 is 37.2. The number of halogens is 1. The molecule has 1 aliphatic carbocycles. The van der Waals surface area contributed by atoms with Gasteiger partial charge in [-0.25, -0.2) is 9.07 Å². The predicted molar refractivity (Wildman–Crippen MR) is 242 cm³/mol. The van der Waals surface area contributed by atoms with Crippen LogP contribution in [-0.2, 0) is 16.1 Å². The highest BCUT2D eigenvalue weighted by Gasteiger charge is 2.38. The Kier molecular flexibility index (Phi) is 10.7. The second kappa shape index (κ2) is 16.7. The van der Waals surface area contributed by atoms with Crippen LogP contribution in [0.15, 0.2) is 48.8 Å². The summed E-state index contributed by atoms with van der Waals surface area (Å²) in [5.41, 5.74) is 7.00. The molecule has 0 radical (unpaired) electrons. The molecule has 3 aromatic heterocycles. The quantitative estimate of drug-likeness (QED) is 0.123. The van der Waals surface area contributed by atoms with E-state index >= 15 is 4.39 Å². The molecule has 1 saturated carbocycles. The molecule has 11 rings (SSSR count). The lowest BCUT2D eigenvalue weighted by Gasteiger charge is -2.35. The van der Waals surface area contributed by atoms with Gasteiger partial charge in [-0.2, -0.15) is 15.1 Å². The summed E-state index contributed by atoms with van der Waals surface area (Å²) in [7, 11) is 0. The lowest BCUT2D eigenvalue weighted by atomic mass is 9.88. The van der Waals surface area contributed by atoms with Crippen molar-refractivity contribution in [2.24, 2.45) is 5.92 Å². The number of aromatic amines is 1. The summed E-state index contributed by atoms with van der Waals surface area (Å²) in [5, 5.41) is 21.9. The van der Waals surface area contributed by atoms with Gasteiger partial charge in [0.15, 0.2) is 5.75 Å². The number of anilines is 1. The number of piperazine rings is 1. The number of nitrogens with one attached hydrogen (secondary N) is 2. The molecule has 6 aromatic rings. The number of nitrogens with zero attached hydrogens (tertiary/aromatic N) is 8. The van der Waals surface area contributed by atoms with E-state index < -0.39 is 6.04 Å². The van der Waals surface area contributed by atoms with E-state index in [9.17, 15) is 4.79 Å². The highest BCUT2D eigenvalue weighted by atomic mass is 19.1. The normalized spacial score (nSPS) is 22.0. The summed E-state index contributed by atoms with van der Waals surface area (Å²) in [6.07, 6.45) is 11.5. The summed E-state index contributed by atoms with van der Waals surface area (Å²) in [6, 6.07) is 12.8. The molecular weight excluding hydrogens is 812 g/mol. The minimum atomic E-state index is -0.427. The number of benzene rings is 3. The molecule has 4 atom stereocenters. The fourth-order valence-corrected chi connectivity index (χ4v) is 10.6. The molecule has 2 bridgehead atoms. The Morgan fingerprint density at radius 2 is 1.75 bits per heavy atom. The summed E-state index contributed by atoms with van der Waals surface area (Å²) >= 11 is 0. The van der Waals surface area contributed by atoms with Gasteiger partial charge < -0.3 is 29.3 Å². The third-order valence-electron chi connectivity index (χ3n) is 14.3. The fourth-order valence-electron chi connectivity index (χ4n) is 10.6. The number of carbonyl (C=O) groups excluding carboxylic acids is 1. The van der Waals surface area contributed by atoms with Crippen LogP contribution in [0.5, 0.6) is 11.8 Å². The van der Waals surface area contributed by atoms with Gasteiger partial charge in [0.25, 0.3) is 0 Å². The van der Waals surface area contributed by atoms with Crippen molar-refractivity contribution in [1.29, 1.82) is 0 Å². The number of amides is 1. The van der Waals surface area contributed by atoms with Crippen LogP contribution in [0.3, 0.4) is 0 Å². The Morgan fingerprint density at radius 1 is 0.969 bits per heavy atom. The first kappa shape index (κ1) is 41.1. The largest absolute Gasteiger partial charge is 0.486 e. The molecule has 64 heavy (non-hydrogen) atoms. The first-order valence-corrected chi connectivity index (χ1v) is 23.4. The highest BCUT2D eigenvalue weighted by molar-refractivity contribution is 6.06. The van der Waals surface area contributed by atoms with Gasteiger partial charge >= 0.3 is 6.01 Å². The maximum atomic E-state index is 16.0. The van der Waals surface area contributed by atoms with Gasteiger partial charge in [-0.1, -0.05) is 43.3 Å². The van der Waals surface area contributed by atoms with Gasteiger partial charge in [0.05, 0.1) is 31.1 Å². The smallest absolute Gasteiger partial charge is 0.319 e. The summed E-state index contributed by atoms with van der Waals surface area (Å²) in [6.45, 7) is 12.0. The lowest BCUT2D eigenvalue weighted by molar-refractivity contribution is -0.137. The van der Waals surface area contributed by atoms with Gasteiger partial charge in [-0.3, -0.25) is 9.89 Å². The van der Waals surface area contributed by atoms with Crippen LogP contribution in [0.2, 0.25) is 0 Å². The zero-order valence-corrected chi connectivity index (χ0v) is 37.1. The van der Waals surface area contributed by atoms with Crippen LogP contribution >= 0.6 is 0 Å². The van der Waals surface area contributed by atoms with Gasteiger partial charge in [0, 0.05) is 78.1 Å². The molecule has 2 N–H and O–H groups in total. The number of aromatic nitrogens is 7. The minimum Gasteiger partial charge on any atom is -0.486 e. The number of fused-ring (bicyclic) bond motifs is 4. The Bertz CT molecular complexity index is 2700. The van der Waals surface area contributed by atoms with Gasteiger partial charge in [-0.15, -0.1) is 5.10 Å². The third-order valence-corrected chi connectivity index (χ3v) is 14.3. The Morgan fingerprint density at radius 3 is 2.47 bits per heavy atom. The second-order valence-electron chi connectivity index (χ2n) is 19.1. The first-order valence-electron chi connectivity index (χ1n) is 23.4. The maximum Gasteiger partial charge on any atom is 0.319 e. The zero-order chi connectivity index (χ0) is 43.6. The molecule has 334 valence electrons. The number of ether oxygens (including phenoxy) is 3. The molecule has 14 nitrogen and oxygen atoms in total. The van der Waals surface area contributed by atoms with E-state index in [0.29, 0.717) is 59.3 Å². The standard InChI is InChI=1S/C49H57FN10O4/c1-27(2)45(48(61)59-17-5-6-28(59)3)60-25-41(56-57-60)32-9-7-30(8-10-32)26-63-46-43(42-29(4)39(50)21-40-38(42)22-51-55-40)36(31-11-12-31)20-37-44(46)53-49(64-35-15-18-62-19-16-35)54-47(37)58-23-33-13-14-34(24-58)52-33/h7-10,20-22,25,27-28,31,33-35,45,52H,5-6,11-19,23-24,26H2,1-4H3,(H,51,55). The van der Waals surface area contributed by atoms with Crippen LogP contribution in [0.1, 0.15) is 101 Å². The SMILES string of the molecule is Cc1c(F)cc2[nH]ncc2c1-c1c(C2CC2)cc2c(N3CC4CCC(C3)N4)nc(OC3CCOCC3)nc2c1OCc1ccc(-c2cn(C(C(=O)N3CCCC3C)C(C)C)nn2)cc1. The minimum absolute atomic E-state index is 0.0485. The fraction of sp³-hybridized carbons (Fsp3) is 0.510. The van der Waals surface area contributed by atoms with Crippen molar-refractivity contribution in [2.75, 3.05) is 37.7 Å². The molecule has 0 spiro atoms. The number of hydrogen-bond acceptors (Lipinski definition) is 11. The molecule has 7 heterocycles. The van der Waals surface area contributed by atoms with E-state index in [0.717, 1.165) is 115 Å². The molecule has 5 fully saturated rings. The van der Waals surface area contributed by atoms with Gasteiger partial charge in [-0.05, 0) is 93.0 Å². The lowest BCUT2D eigenvalue weighted by Crippen LogP contribution is -2.51. The number of rotatable bonds is 12. The number of likely N-dealkylation sites (tertiary alicyclic amines) is 1. The molecule has 5 aliphatic rings. The molecule has 4 saturated heterocycles. The predicted octanol–water partition coefficient (Wildman–Crippen LogP) is 8.04. The average Bonchev–Trinajstić information content (AvgIpc) is 3.55. The Hall–Kier alpha value is -5.67. The number of hydrogen-bond donors (Lipinski definition) is 2. The highest BCUT2D eigenvalue weighted by Crippen LogP contribution is 2.53. The summed E-state index contributed by atoms with van der Waals surface area (Å²) in [4.78, 5) is 28.6. The van der Waals surface area contributed by atoms with Crippen LogP contribution in [-0.4, -0.2) is 103 Å². The number of H-pyrrole nitrogens is 1. The van der Waals surface area contributed by atoms with Crippen LogP contribution in [0.4, 0.5) is 10.2 Å². The monoisotopic (exact) mass is 868 g/mol. The molecule has 15 heteroatoms. The van der Waals surface area contributed by atoms with Crippen LogP contribution in [0.25, 0.3) is 44.2 Å². The Balaban J connectivity index is 0.998. The molecule has 1 amide bonds. The van der Waals surface area contributed by atoms with E-state index in [1.165, 1.54) is 6.07 Å². The molecule has 3 aromatic carbocycles. The van der Waals surface area contributed by atoms with E-state index in [-0.39, 0.29) is 42.3 Å². The van der Waals surface area contributed by atoms with E-state index in [1.54, 1.807) is 10.9 Å². The summed E-state index contributed by atoms with van der Waals surface area (Å²) in [5.74, 6) is 1.54.